The monoisotopic (exact) mass is 328 g/mol. The molecule has 0 radical (unpaired) electrons. The molecule has 2 aromatic carbocycles. The van der Waals surface area contributed by atoms with Crippen LogP contribution < -0.4 is 0 Å². The van der Waals surface area contributed by atoms with E-state index in [1.807, 2.05) is 24.3 Å². The molecular formula is C18H17BrO. The van der Waals surface area contributed by atoms with Gasteiger partial charge in [-0.25, -0.2) is 0 Å². The average Bonchev–Trinajstić information content (AvgIpc) is 2.47. The van der Waals surface area contributed by atoms with Gasteiger partial charge in [0.15, 0.2) is 5.78 Å². The van der Waals surface area contributed by atoms with Crippen LogP contribution in [-0.4, -0.2) is 5.78 Å². The molecule has 0 spiro atoms. The normalized spacial score (nSPS) is 17.6. The lowest BCUT2D eigenvalue weighted by molar-refractivity contribution is 0.0971. The van der Waals surface area contributed by atoms with E-state index in [2.05, 4.69) is 40.2 Å². The van der Waals surface area contributed by atoms with Crippen LogP contribution >= 0.6 is 15.9 Å². The molecule has 1 unspecified atom stereocenters. The quantitative estimate of drug-likeness (QED) is 0.713. The minimum absolute atomic E-state index is 0.244. The Hall–Kier alpha value is -1.41. The first-order chi connectivity index (χ1) is 9.74. The fourth-order valence-electron chi connectivity index (χ4n) is 3.07. The van der Waals surface area contributed by atoms with Crippen molar-refractivity contribution in [3.05, 3.63) is 69.7 Å². The molecule has 0 aromatic heterocycles. The fraction of sp³-hybridized carbons (Fsp3) is 0.278. The molecule has 0 aliphatic heterocycles. The molecule has 20 heavy (non-hydrogen) atoms. The lowest BCUT2D eigenvalue weighted by Gasteiger charge is -2.25. The van der Waals surface area contributed by atoms with Gasteiger partial charge in [0.2, 0.25) is 0 Å². The highest BCUT2D eigenvalue weighted by molar-refractivity contribution is 9.10. The Morgan fingerprint density at radius 2 is 2.00 bits per heavy atom. The van der Waals surface area contributed by atoms with Crippen LogP contribution in [0, 0.1) is 0 Å². The number of rotatable bonds is 3. The SMILES string of the molecule is O=C(CC1CCCc2ccccc21)c1cccc(Br)c1. The van der Waals surface area contributed by atoms with Gasteiger partial charge in [-0.2, -0.15) is 0 Å². The smallest absolute Gasteiger partial charge is 0.163 e. The summed E-state index contributed by atoms with van der Waals surface area (Å²) < 4.78 is 0.965. The van der Waals surface area contributed by atoms with E-state index in [9.17, 15) is 4.79 Å². The molecule has 0 fully saturated rings. The van der Waals surface area contributed by atoms with Crippen LogP contribution in [-0.2, 0) is 6.42 Å². The second-order valence-corrected chi connectivity index (χ2v) is 6.34. The van der Waals surface area contributed by atoms with Crippen LogP contribution in [0.2, 0.25) is 0 Å². The van der Waals surface area contributed by atoms with Crippen LogP contribution in [0.15, 0.2) is 53.0 Å². The van der Waals surface area contributed by atoms with E-state index in [0.717, 1.165) is 22.9 Å². The van der Waals surface area contributed by atoms with Crippen molar-refractivity contribution in [2.75, 3.05) is 0 Å². The number of hydrogen-bond donors (Lipinski definition) is 0. The van der Waals surface area contributed by atoms with Gasteiger partial charge < -0.3 is 0 Å². The first-order valence-corrected chi connectivity index (χ1v) is 7.90. The number of aryl methyl sites for hydroxylation is 1. The summed E-state index contributed by atoms with van der Waals surface area (Å²) in [5.74, 6) is 0.624. The van der Waals surface area contributed by atoms with Crippen molar-refractivity contribution in [3.63, 3.8) is 0 Å². The van der Waals surface area contributed by atoms with E-state index < -0.39 is 0 Å². The van der Waals surface area contributed by atoms with E-state index in [4.69, 9.17) is 0 Å². The van der Waals surface area contributed by atoms with Gasteiger partial charge in [-0.15, -0.1) is 0 Å². The highest BCUT2D eigenvalue weighted by Gasteiger charge is 2.22. The molecule has 0 saturated carbocycles. The summed E-state index contributed by atoms with van der Waals surface area (Å²) in [4.78, 5) is 12.5. The number of halogens is 1. The van der Waals surface area contributed by atoms with Gasteiger partial charge in [-0.1, -0.05) is 52.3 Å². The van der Waals surface area contributed by atoms with Gasteiger partial charge in [0.1, 0.15) is 0 Å². The third-order valence-corrected chi connectivity index (χ3v) is 4.57. The summed E-state index contributed by atoms with van der Waals surface area (Å²) in [6, 6.07) is 16.3. The molecular weight excluding hydrogens is 312 g/mol. The van der Waals surface area contributed by atoms with Crippen LogP contribution in [0.4, 0.5) is 0 Å². The summed E-state index contributed by atoms with van der Waals surface area (Å²) in [7, 11) is 0. The van der Waals surface area contributed by atoms with Crippen molar-refractivity contribution < 1.29 is 4.79 Å². The molecule has 0 amide bonds. The van der Waals surface area contributed by atoms with Crippen molar-refractivity contribution in [1.29, 1.82) is 0 Å². The maximum atomic E-state index is 12.5. The molecule has 1 aliphatic rings. The molecule has 2 heteroatoms. The molecule has 1 atom stereocenters. The van der Waals surface area contributed by atoms with Crippen LogP contribution in [0.3, 0.4) is 0 Å². The maximum absolute atomic E-state index is 12.5. The average molecular weight is 329 g/mol. The lowest BCUT2D eigenvalue weighted by atomic mass is 9.79. The van der Waals surface area contributed by atoms with Crippen LogP contribution in [0.5, 0.6) is 0 Å². The summed E-state index contributed by atoms with van der Waals surface area (Å²) in [6.07, 6.45) is 4.08. The highest BCUT2D eigenvalue weighted by Crippen LogP contribution is 2.34. The summed E-state index contributed by atoms with van der Waals surface area (Å²) in [5, 5.41) is 0. The van der Waals surface area contributed by atoms with E-state index >= 15 is 0 Å². The van der Waals surface area contributed by atoms with Gasteiger partial charge in [0.05, 0.1) is 0 Å². The van der Waals surface area contributed by atoms with Gasteiger partial charge >= 0.3 is 0 Å². The predicted octanol–water partition coefficient (Wildman–Crippen LogP) is 5.14. The topological polar surface area (TPSA) is 17.1 Å². The minimum Gasteiger partial charge on any atom is -0.294 e. The molecule has 0 saturated heterocycles. The van der Waals surface area contributed by atoms with E-state index in [1.165, 1.54) is 17.5 Å². The second kappa shape index (κ2) is 5.92. The standard InChI is InChI=1S/C18H17BrO/c19-16-9-4-8-15(11-16)18(20)12-14-7-3-6-13-5-1-2-10-17(13)14/h1-2,4-5,8-11,14H,3,6-7,12H2. The Kier molecular flexibility index (Phi) is 4.02. The van der Waals surface area contributed by atoms with Crippen LogP contribution in [0.25, 0.3) is 0 Å². The maximum Gasteiger partial charge on any atom is 0.163 e. The minimum atomic E-state index is 0.244. The molecule has 0 bridgehead atoms. The molecule has 1 nitrogen and oxygen atoms in total. The number of Topliss-reactive ketones (excluding diaryl/α,β-unsaturated/α-hetero) is 1. The summed E-state index contributed by atoms with van der Waals surface area (Å²) in [6.45, 7) is 0. The van der Waals surface area contributed by atoms with Gasteiger partial charge in [0, 0.05) is 16.5 Å². The zero-order chi connectivity index (χ0) is 13.9. The molecule has 2 aromatic rings. The largest absolute Gasteiger partial charge is 0.294 e. The number of carbonyl (C=O) groups is 1. The summed E-state index contributed by atoms with van der Waals surface area (Å²) in [5.41, 5.74) is 3.61. The molecule has 3 rings (SSSR count). The van der Waals surface area contributed by atoms with Gasteiger partial charge in [-0.3, -0.25) is 4.79 Å². The molecule has 102 valence electrons. The Labute approximate surface area is 128 Å². The second-order valence-electron chi connectivity index (χ2n) is 5.43. The molecule has 0 N–H and O–H groups in total. The number of benzene rings is 2. The lowest BCUT2D eigenvalue weighted by Crippen LogP contribution is -2.14. The Balaban J connectivity index is 1.81. The summed E-state index contributed by atoms with van der Waals surface area (Å²) >= 11 is 3.43. The van der Waals surface area contributed by atoms with E-state index in [1.54, 1.807) is 0 Å². The Bertz CT molecular complexity index is 633. The third kappa shape index (κ3) is 2.85. The first-order valence-electron chi connectivity index (χ1n) is 7.10. The number of hydrogen-bond acceptors (Lipinski definition) is 1. The first kappa shape index (κ1) is 13.6. The molecule has 1 aliphatic carbocycles. The molecule has 0 heterocycles. The van der Waals surface area contributed by atoms with E-state index in [0.29, 0.717) is 12.3 Å². The number of fused-ring (bicyclic) bond motifs is 1. The Morgan fingerprint density at radius 1 is 1.15 bits per heavy atom. The van der Waals surface area contributed by atoms with Crippen molar-refractivity contribution >= 4 is 21.7 Å². The zero-order valence-corrected chi connectivity index (χ0v) is 12.9. The van der Waals surface area contributed by atoms with Crippen molar-refractivity contribution in [3.8, 4) is 0 Å². The fourth-order valence-corrected chi connectivity index (χ4v) is 3.47. The van der Waals surface area contributed by atoms with Crippen molar-refractivity contribution in [2.45, 2.75) is 31.6 Å². The van der Waals surface area contributed by atoms with Crippen molar-refractivity contribution in [1.82, 2.24) is 0 Å². The third-order valence-electron chi connectivity index (χ3n) is 4.07. The predicted molar refractivity (Wildman–Crippen MR) is 85.2 cm³/mol. The number of carbonyl (C=O) groups excluding carboxylic acids is 1. The van der Waals surface area contributed by atoms with Crippen molar-refractivity contribution in [2.24, 2.45) is 0 Å². The van der Waals surface area contributed by atoms with Crippen LogP contribution in [0.1, 0.15) is 46.7 Å². The highest BCUT2D eigenvalue weighted by atomic mass is 79.9. The van der Waals surface area contributed by atoms with E-state index in [-0.39, 0.29) is 5.78 Å². The Morgan fingerprint density at radius 3 is 2.85 bits per heavy atom. The zero-order valence-electron chi connectivity index (χ0n) is 11.3. The van der Waals surface area contributed by atoms with Gasteiger partial charge in [0.25, 0.3) is 0 Å². The number of ketones is 1. The van der Waals surface area contributed by atoms with Gasteiger partial charge in [-0.05, 0) is 48.4 Å².